The van der Waals surface area contributed by atoms with Crippen LogP contribution >= 0.6 is 11.8 Å². The van der Waals surface area contributed by atoms with E-state index in [0.29, 0.717) is 6.04 Å². The number of hydrogen-bond donors (Lipinski definition) is 1. The fourth-order valence-corrected chi connectivity index (χ4v) is 4.40. The highest BCUT2D eigenvalue weighted by Crippen LogP contribution is 2.35. The summed E-state index contributed by atoms with van der Waals surface area (Å²) in [4.78, 5) is 1.41. The molecule has 1 aliphatic carbocycles. The lowest BCUT2D eigenvalue weighted by Crippen LogP contribution is -2.38. The van der Waals surface area contributed by atoms with Crippen molar-refractivity contribution in [3.63, 3.8) is 0 Å². The molecule has 2 aromatic rings. The van der Waals surface area contributed by atoms with Crippen LogP contribution < -0.4 is 5.32 Å². The van der Waals surface area contributed by atoms with Crippen LogP contribution in [-0.4, -0.2) is 18.3 Å². The third-order valence-corrected chi connectivity index (χ3v) is 5.47. The molecule has 1 aliphatic rings. The summed E-state index contributed by atoms with van der Waals surface area (Å²) in [5.74, 6) is 0. The summed E-state index contributed by atoms with van der Waals surface area (Å²) in [6.07, 6.45) is 5.41. The topological polar surface area (TPSA) is 12.0 Å². The lowest BCUT2D eigenvalue weighted by molar-refractivity contribution is 0.405. The predicted molar refractivity (Wildman–Crippen MR) is 84.9 cm³/mol. The minimum atomic E-state index is 0.672. The number of thioether (sulfide) groups is 1. The molecule has 1 fully saturated rings. The second-order valence-corrected chi connectivity index (χ2v) is 6.66. The number of hydrogen-bond acceptors (Lipinski definition) is 2. The van der Waals surface area contributed by atoms with E-state index in [1.54, 1.807) is 0 Å². The number of fused-ring (bicyclic) bond motifs is 1. The zero-order chi connectivity index (χ0) is 13.1. The van der Waals surface area contributed by atoms with Crippen LogP contribution in [0, 0.1) is 0 Å². The Kier molecular flexibility index (Phi) is 4.09. The Bertz CT molecular complexity index is 552. The molecule has 0 aliphatic heterocycles. The van der Waals surface area contributed by atoms with E-state index in [1.165, 1.54) is 41.4 Å². The van der Waals surface area contributed by atoms with E-state index in [2.05, 4.69) is 54.8 Å². The van der Waals surface area contributed by atoms with Gasteiger partial charge in [-0.2, -0.15) is 0 Å². The van der Waals surface area contributed by atoms with E-state index >= 15 is 0 Å². The van der Waals surface area contributed by atoms with Gasteiger partial charge >= 0.3 is 0 Å². The Labute approximate surface area is 119 Å². The molecule has 3 rings (SSSR count). The third-order valence-electron chi connectivity index (χ3n) is 4.08. The maximum absolute atomic E-state index is 3.49. The summed E-state index contributed by atoms with van der Waals surface area (Å²) < 4.78 is 0. The van der Waals surface area contributed by atoms with E-state index in [0.717, 1.165) is 5.25 Å². The maximum Gasteiger partial charge on any atom is 0.0248 e. The van der Waals surface area contributed by atoms with Gasteiger partial charge in [-0.1, -0.05) is 43.2 Å². The fourth-order valence-electron chi connectivity index (χ4n) is 2.98. The molecule has 2 atom stereocenters. The van der Waals surface area contributed by atoms with Gasteiger partial charge in [0.2, 0.25) is 0 Å². The zero-order valence-electron chi connectivity index (χ0n) is 11.4. The lowest BCUT2D eigenvalue weighted by atomic mass is 9.95. The summed E-state index contributed by atoms with van der Waals surface area (Å²) in [5.41, 5.74) is 0. The molecule has 19 heavy (non-hydrogen) atoms. The molecule has 2 heteroatoms. The smallest absolute Gasteiger partial charge is 0.0248 e. The van der Waals surface area contributed by atoms with Crippen LogP contribution in [0.1, 0.15) is 25.7 Å². The van der Waals surface area contributed by atoms with Crippen molar-refractivity contribution in [2.45, 2.75) is 41.9 Å². The van der Waals surface area contributed by atoms with Crippen LogP contribution in [0.15, 0.2) is 47.4 Å². The minimum absolute atomic E-state index is 0.672. The zero-order valence-corrected chi connectivity index (χ0v) is 12.2. The van der Waals surface area contributed by atoms with Crippen molar-refractivity contribution in [2.75, 3.05) is 7.05 Å². The molecule has 0 amide bonds. The highest BCUT2D eigenvalue weighted by atomic mass is 32.2. The summed E-state index contributed by atoms with van der Waals surface area (Å²) in [6.45, 7) is 0. The Hall–Kier alpha value is -0.990. The average Bonchev–Trinajstić information content (AvgIpc) is 2.48. The number of benzene rings is 2. The molecule has 2 aromatic carbocycles. The molecule has 1 saturated carbocycles. The molecule has 0 heterocycles. The molecule has 0 spiro atoms. The molecule has 100 valence electrons. The standard InChI is InChI=1S/C17H21NS/c1-18-16-8-4-5-9-17(16)19-15-11-10-13-6-2-3-7-14(13)12-15/h2-3,6-7,10-12,16-18H,4-5,8-9H2,1H3. The number of nitrogens with one attached hydrogen (secondary N) is 1. The Morgan fingerprint density at radius 1 is 1.00 bits per heavy atom. The first-order valence-corrected chi connectivity index (χ1v) is 8.07. The Morgan fingerprint density at radius 3 is 2.63 bits per heavy atom. The van der Waals surface area contributed by atoms with Gasteiger partial charge in [-0.15, -0.1) is 11.8 Å². The lowest BCUT2D eigenvalue weighted by Gasteiger charge is -2.30. The maximum atomic E-state index is 3.49. The van der Waals surface area contributed by atoms with Gasteiger partial charge < -0.3 is 5.32 Å². The van der Waals surface area contributed by atoms with Gasteiger partial charge in [0, 0.05) is 16.2 Å². The van der Waals surface area contributed by atoms with Crippen LogP contribution in [0.25, 0.3) is 10.8 Å². The van der Waals surface area contributed by atoms with Gasteiger partial charge in [0.1, 0.15) is 0 Å². The minimum Gasteiger partial charge on any atom is -0.316 e. The van der Waals surface area contributed by atoms with Crippen LogP contribution in [-0.2, 0) is 0 Å². The summed E-state index contributed by atoms with van der Waals surface area (Å²) >= 11 is 2.05. The summed E-state index contributed by atoms with van der Waals surface area (Å²) in [7, 11) is 2.10. The molecule has 2 unspecified atom stereocenters. The van der Waals surface area contributed by atoms with Gasteiger partial charge in [0.25, 0.3) is 0 Å². The van der Waals surface area contributed by atoms with Crippen LogP contribution in [0.5, 0.6) is 0 Å². The average molecular weight is 271 g/mol. The first kappa shape index (κ1) is 13.0. The molecular formula is C17H21NS. The van der Waals surface area contributed by atoms with E-state index < -0.39 is 0 Å². The van der Waals surface area contributed by atoms with Gasteiger partial charge in [-0.3, -0.25) is 0 Å². The second kappa shape index (κ2) is 5.98. The van der Waals surface area contributed by atoms with Crippen molar-refractivity contribution in [3.8, 4) is 0 Å². The molecule has 0 bridgehead atoms. The van der Waals surface area contributed by atoms with E-state index in [9.17, 15) is 0 Å². The first-order chi connectivity index (χ1) is 9.36. The quantitative estimate of drug-likeness (QED) is 0.884. The van der Waals surface area contributed by atoms with E-state index in [-0.39, 0.29) is 0 Å². The Morgan fingerprint density at radius 2 is 1.79 bits per heavy atom. The SMILES string of the molecule is CNC1CCCCC1Sc1ccc2ccccc2c1. The van der Waals surface area contributed by atoms with Crippen LogP contribution in [0.4, 0.5) is 0 Å². The van der Waals surface area contributed by atoms with Gasteiger partial charge in [0.15, 0.2) is 0 Å². The molecule has 1 nitrogen and oxygen atoms in total. The van der Waals surface area contributed by atoms with Gasteiger partial charge in [-0.25, -0.2) is 0 Å². The fraction of sp³-hybridized carbons (Fsp3) is 0.412. The van der Waals surface area contributed by atoms with E-state index in [4.69, 9.17) is 0 Å². The number of rotatable bonds is 3. The molecule has 1 N–H and O–H groups in total. The van der Waals surface area contributed by atoms with Crippen LogP contribution in [0.3, 0.4) is 0 Å². The van der Waals surface area contributed by atoms with Crippen molar-refractivity contribution in [2.24, 2.45) is 0 Å². The van der Waals surface area contributed by atoms with Crippen molar-refractivity contribution in [1.82, 2.24) is 5.32 Å². The summed E-state index contributed by atoms with van der Waals surface area (Å²) in [6, 6.07) is 16.1. The van der Waals surface area contributed by atoms with Gasteiger partial charge in [-0.05, 0) is 42.8 Å². The van der Waals surface area contributed by atoms with Crippen molar-refractivity contribution < 1.29 is 0 Å². The first-order valence-electron chi connectivity index (χ1n) is 7.19. The largest absolute Gasteiger partial charge is 0.316 e. The Balaban J connectivity index is 1.80. The summed E-state index contributed by atoms with van der Waals surface area (Å²) in [5, 5.41) is 6.90. The van der Waals surface area contributed by atoms with E-state index in [1.807, 2.05) is 11.8 Å². The molecule has 0 radical (unpaired) electrons. The van der Waals surface area contributed by atoms with Crippen molar-refractivity contribution in [3.05, 3.63) is 42.5 Å². The van der Waals surface area contributed by atoms with Crippen molar-refractivity contribution >= 4 is 22.5 Å². The third kappa shape index (κ3) is 2.96. The van der Waals surface area contributed by atoms with Gasteiger partial charge in [0.05, 0.1) is 0 Å². The highest BCUT2D eigenvalue weighted by molar-refractivity contribution is 8.00. The second-order valence-electron chi connectivity index (χ2n) is 5.34. The van der Waals surface area contributed by atoms with Crippen molar-refractivity contribution in [1.29, 1.82) is 0 Å². The highest BCUT2D eigenvalue weighted by Gasteiger charge is 2.24. The molecule has 0 saturated heterocycles. The predicted octanol–water partition coefficient (Wildman–Crippen LogP) is 4.46. The molecular weight excluding hydrogens is 250 g/mol. The molecule has 0 aromatic heterocycles. The monoisotopic (exact) mass is 271 g/mol. The normalized spacial score (nSPS) is 23.6. The van der Waals surface area contributed by atoms with Crippen LogP contribution in [0.2, 0.25) is 0 Å².